The van der Waals surface area contributed by atoms with Crippen molar-refractivity contribution in [2.24, 2.45) is 0 Å². The second kappa shape index (κ2) is 4.85. The average Bonchev–Trinajstić information content (AvgIpc) is 2.85. The fourth-order valence-corrected chi connectivity index (χ4v) is 1.97. The van der Waals surface area contributed by atoms with Gasteiger partial charge in [0.25, 0.3) is 5.91 Å². The summed E-state index contributed by atoms with van der Waals surface area (Å²) in [5, 5.41) is 3.63. The summed E-state index contributed by atoms with van der Waals surface area (Å²) in [7, 11) is 0. The fourth-order valence-electron chi connectivity index (χ4n) is 1.74. The zero-order valence-electron chi connectivity index (χ0n) is 9.76. The van der Waals surface area contributed by atoms with Crippen LogP contribution >= 0.6 is 15.9 Å². The van der Waals surface area contributed by atoms with Gasteiger partial charge in [0.2, 0.25) is 0 Å². The molecule has 2 heterocycles. The molecule has 2 aromatic heterocycles. The van der Waals surface area contributed by atoms with Gasteiger partial charge in [0.1, 0.15) is 10.2 Å². The van der Waals surface area contributed by atoms with Crippen molar-refractivity contribution >= 4 is 38.5 Å². The van der Waals surface area contributed by atoms with E-state index in [1.165, 1.54) is 0 Å². The van der Waals surface area contributed by atoms with Crippen molar-refractivity contribution in [3.8, 4) is 0 Å². The van der Waals surface area contributed by atoms with Crippen LogP contribution in [0.4, 0.5) is 5.69 Å². The maximum absolute atomic E-state index is 12.0. The third-order valence-corrected chi connectivity index (χ3v) is 3.10. The topological polar surface area (TPSA) is 55.1 Å². The van der Waals surface area contributed by atoms with E-state index in [9.17, 15) is 4.79 Å². The number of nitrogens with one attached hydrogen (secondary N) is 1. The third kappa shape index (κ3) is 2.51. The molecule has 1 amide bonds. The third-order valence-electron chi connectivity index (χ3n) is 2.63. The summed E-state index contributed by atoms with van der Waals surface area (Å²) >= 11 is 3.24. The van der Waals surface area contributed by atoms with E-state index in [1.807, 2.05) is 24.3 Å². The van der Waals surface area contributed by atoms with Crippen LogP contribution in [0, 0.1) is 0 Å². The number of pyridine rings is 1. The summed E-state index contributed by atoms with van der Waals surface area (Å²) < 4.78 is 6.20. The van der Waals surface area contributed by atoms with Crippen molar-refractivity contribution in [2.75, 3.05) is 5.32 Å². The first-order chi connectivity index (χ1) is 9.22. The van der Waals surface area contributed by atoms with E-state index in [0.29, 0.717) is 15.9 Å². The van der Waals surface area contributed by atoms with Crippen molar-refractivity contribution < 1.29 is 9.21 Å². The average molecular weight is 317 g/mol. The maximum Gasteiger partial charge on any atom is 0.291 e. The number of furan rings is 1. The molecule has 0 saturated heterocycles. The van der Waals surface area contributed by atoms with Crippen molar-refractivity contribution in [1.29, 1.82) is 0 Å². The second-order valence-corrected chi connectivity index (χ2v) is 4.78. The van der Waals surface area contributed by atoms with Gasteiger partial charge in [-0.15, -0.1) is 0 Å². The Bertz CT molecular complexity index is 702. The number of benzene rings is 1. The summed E-state index contributed by atoms with van der Waals surface area (Å²) in [6.45, 7) is 0. The second-order valence-electron chi connectivity index (χ2n) is 3.97. The van der Waals surface area contributed by atoms with Gasteiger partial charge in [0.05, 0.1) is 11.9 Å². The summed E-state index contributed by atoms with van der Waals surface area (Å²) in [6.07, 6.45) is 1.57. The molecule has 0 unspecified atom stereocenters. The normalized spacial score (nSPS) is 10.6. The van der Waals surface area contributed by atoms with E-state index in [2.05, 4.69) is 26.2 Å². The number of fused-ring (bicyclic) bond motifs is 1. The Labute approximate surface area is 117 Å². The molecule has 3 aromatic rings. The standard InChI is InChI=1S/C14H9BrN2O2/c15-13-6-5-10(8-16-13)17-14(18)12-7-9-3-1-2-4-11(9)19-12/h1-8H,(H,17,18). The van der Waals surface area contributed by atoms with Crippen molar-refractivity contribution in [2.45, 2.75) is 0 Å². The Balaban J connectivity index is 1.85. The Morgan fingerprint density at radius 3 is 2.79 bits per heavy atom. The molecule has 94 valence electrons. The molecular weight excluding hydrogens is 308 g/mol. The van der Waals surface area contributed by atoms with Crippen LogP contribution in [0.5, 0.6) is 0 Å². The predicted molar refractivity (Wildman–Crippen MR) is 76.1 cm³/mol. The highest BCUT2D eigenvalue weighted by Crippen LogP contribution is 2.20. The van der Waals surface area contributed by atoms with E-state index in [0.717, 1.165) is 5.39 Å². The van der Waals surface area contributed by atoms with Crippen LogP contribution in [0.2, 0.25) is 0 Å². The quantitative estimate of drug-likeness (QED) is 0.731. The molecule has 0 aliphatic heterocycles. The molecule has 3 rings (SSSR count). The Morgan fingerprint density at radius 1 is 1.21 bits per heavy atom. The minimum atomic E-state index is -0.291. The van der Waals surface area contributed by atoms with Gasteiger partial charge in [-0.1, -0.05) is 18.2 Å². The lowest BCUT2D eigenvalue weighted by molar-refractivity contribution is 0.0998. The highest BCUT2D eigenvalue weighted by molar-refractivity contribution is 9.10. The summed E-state index contributed by atoms with van der Waals surface area (Å²) in [5.41, 5.74) is 1.32. The summed E-state index contributed by atoms with van der Waals surface area (Å²) in [5.74, 6) is -0.00978. The van der Waals surface area contributed by atoms with Crippen LogP contribution in [-0.4, -0.2) is 10.9 Å². The summed E-state index contributed by atoms with van der Waals surface area (Å²) in [6, 6.07) is 12.7. The SMILES string of the molecule is O=C(Nc1ccc(Br)nc1)c1cc2ccccc2o1. The minimum Gasteiger partial charge on any atom is -0.451 e. The zero-order chi connectivity index (χ0) is 13.2. The van der Waals surface area contributed by atoms with Gasteiger partial charge in [-0.05, 0) is 40.2 Å². The molecule has 0 bridgehead atoms. The molecule has 0 aliphatic rings. The maximum atomic E-state index is 12.0. The van der Waals surface area contributed by atoms with E-state index in [-0.39, 0.29) is 11.7 Å². The molecule has 5 heteroatoms. The lowest BCUT2D eigenvalue weighted by Crippen LogP contribution is -2.10. The number of para-hydroxylation sites is 1. The van der Waals surface area contributed by atoms with Crippen LogP contribution in [0.15, 0.2) is 57.7 Å². The molecule has 4 nitrogen and oxygen atoms in total. The highest BCUT2D eigenvalue weighted by atomic mass is 79.9. The van der Waals surface area contributed by atoms with Gasteiger partial charge in [0, 0.05) is 5.39 Å². The van der Waals surface area contributed by atoms with E-state index in [1.54, 1.807) is 24.4 Å². The summed E-state index contributed by atoms with van der Waals surface area (Å²) in [4.78, 5) is 16.1. The number of halogens is 1. The van der Waals surface area contributed by atoms with E-state index in [4.69, 9.17) is 4.42 Å². The molecule has 1 N–H and O–H groups in total. The highest BCUT2D eigenvalue weighted by Gasteiger charge is 2.12. The van der Waals surface area contributed by atoms with Crippen LogP contribution in [0.3, 0.4) is 0 Å². The van der Waals surface area contributed by atoms with Gasteiger partial charge in [-0.2, -0.15) is 0 Å². The van der Waals surface area contributed by atoms with Gasteiger partial charge >= 0.3 is 0 Å². The van der Waals surface area contributed by atoms with Crippen LogP contribution in [0.1, 0.15) is 10.6 Å². The van der Waals surface area contributed by atoms with Crippen LogP contribution < -0.4 is 5.32 Å². The lowest BCUT2D eigenvalue weighted by atomic mass is 10.2. The molecule has 0 spiro atoms. The van der Waals surface area contributed by atoms with Crippen LogP contribution in [-0.2, 0) is 0 Å². The Morgan fingerprint density at radius 2 is 2.05 bits per heavy atom. The molecule has 19 heavy (non-hydrogen) atoms. The molecule has 0 saturated carbocycles. The molecule has 0 fully saturated rings. The first-order valence-electron chi connectivity index (χ1n) is 5.64. The fraction of sp³-hybridized carbons (Fsp3) is 0. The Kier molecular flexibility index (Phi) is 3.05. The molecular formula is C14H9BrN2O2. The van der Waals surface area contributed by atoms with Crippen molar-refractivity contribution in [1.82, 2.24) is 4.98 Å². The largest absolute Gasteiger partial charge is 0.451 e. The molecule has 0 aliphatic carbocycles. The molecule has 1 aromatic carbocycles. The predicted octanol–water partition coefficient (Wildman–Crippen LogP) is 3.84. The van der Waals surface area contributed by atoms with Gasteiger partial charge in [-0.3, -0.25) is 4.79 Å². The van der Waals surface area contributed by atoms with Gasteiger partial charge < -0.3 is 9.73 Å². The Hall–Kier alpha value is -2.14. The molecule has 0 radical (unpaired) electrons. The number of hydrogen-bond donors (Lipinski definition) is 1. The smallest absolute Gasteiger partial charge is 0.291 e. The molecule has 0 atom stereocenters. The van der Waals surface area contributed by atoms with Crippen molar-refractivity contribution in [3.63, 3.8) is 0 Å². The monoisotopic (exact) mass is 316 g/mol. The number of carbonyl (C=O) groups is 1. The number of rotatable bonds is 2. The number of nitrogens with zero attached hydrogens (tertiary/aromatic N) is 1. The lowest BCUT2D eigenvalue weighted by Gasteiger charge is -2.01. The van der Waals surface area contributed by atoms with Crippen LogP contribution in [0.25, 0.3) is 11.0 Å². The first-order valence-corrected chi connectivity index (χ1v) is 6.43. The minimum absolute atomic E-state index is 0.282. The van der Waals surface area contributed by atoms with Gasteiger partial charge in [0.15, 0.2) is 5.76 Å². The number of aromatic nitrogens is 1. The van der Waals surface area contributed by atoms with Gasteiger partial charge in [-0.25, -0.2) is 4.98 Å². The number of carbonyl (C=O) groups excluding carboxylic acids is 1. The first kappa shape index (κ1) is 11.9. The zero-order valence-corrected chi connectivity index (χ0v) is 11.3. The number of hydrogen-bond acceptors (Lipinski definition) is 3. The van der Waals surface area contributed by atoms with E-state index < -0.39 is 0 Å². The van der Waals surface area contributed by atoms with Crippen molar-refractivity contribution in [3.05, 3.63) is 59.0 Å². The number of anilines is 1. The number of amides is 1. The van der Waals surface area contributed by atoms with E-state index >= 15 is 0 Å².